The third kappa shape index (κ3) is 5.04. The van der Waals surface area contributed by atoms with Crippen LogP contribution in [0.2, 0.25) is 0 Å². The standard InChI is InChI=1S/C9H12O/c1-3-5-6-8-9(10)7-4-2/h3-6,8H,2,7H2,1H3/b5-3+,8-6+. The summed E-state index contributed by atoms with van der Waals surface area (Å²) in [6.45, 7) is 5.36. The van der Waals surface area contributed by atoms with Crippen molar-refractivity contribution in [3.05, 3.63) is 37.0 Å². The molecule has 0 aromatic rings. The van der Waals surface area contributed by atoms with Gasteiger partial charge in [0.2, 0.25) is 0 Å². The maximum absolute atomic E-state index is 10.7. The predicted octanol–water partition coefficient (Wildman–Crippen LogP) is 2.26. The van der Waals surface area contributed by atoms with Gasteiger partial charge in [-0.2, -0.15) is 0 Å². The SMILES string of the molecule is C=CCC(=O)/C=C/C=C/C. The molecule has 0 spiro atoms. The van der Waals surface area contributed by atoms with Gasteiger partial charge in [0, 0.05) is 6.42 Å². The Morgan fingerprint density at radius 3 is 2.70 bits per heavy atom. The molecule has 0 aliphatic rings. The Hall–Kier alpha value is -1.11. The van der Waals surface area contributed by atoms with Crippen LogP contribution in [0.4, 0.5) is 0 Å². The minimum atomic E-state index is 0.0908. The van der Waals surface area contributed by atoms with Crippen molar-refractivity contribution in [2.75, 3.05) is 0 Å². The van der Waals surface area contributed by atoms with Crippen molar-refractivity contribution in [3.8, 4) is 0 Å². The van der Waals surface area contributed by atoms with Crippen LogP contribution in [-0.4, -0.2) is 5.78 Å². The van der Waals surface area contributed by atoms with Gasteiger partial charge >= 0.3 is 0 Å². The molecular formula is C9H12O. The van der Waals surface area contributed by atoms with Gasteiger partial charge in [-0.05, 0) is 13.0 Å². The van der Waals surface area contributed by atoms with Crippen molar-refractivity contribution in [1.29, 1.82) is 0 Å². The highest BCUT2D eigenvalue weighted by atomic mass is 16.1. The third-order valence-electron chi connectivity index (χ3n) is 0.931. The van der Waals surface area contributed by atoms with Gasteiger partial charge in [-0.3, -0.25) is 4.79 Å². The number of rotatable bonds is 4. The van der Waals surface area contributed by atoms with Crippen LogP contribution in [0, 0.1) is 0 Å². The molecule has 1 heteroatoms. The quantitative estimate of drug-likeness (QED) is 0.329. The second kappa shape index (κ2) is 6.02. The van der Waals surface area contributed by atoms with E-state index in [-0.39, 0.29) is 5.78 Å². The smallest absolute Gasteiger partial charge is 0.159 e. The highest BCUT2D eigenvalue weighted by Gasteiger charge is 1.87. The molecule has 0 aliphatic heterocycles. The Labute approximate surface area is 61.8 Å². The summed E-state index contributed by atoms with van der Waals surface area (Å²) in [6, 6.07) is 0. The summed E-state index contributed by atoms with van der Waals surface area (Å²) in [7, 11) is 0. The van der Waals surface area contributed by atoms with Crippen LogP contribution in [0.3, 0.4) is 0 Å². The van der Waals surface area contributed by atoms with Crippen LogP contribution in [0.1, 0.15) is 13.3 Å². The zero-order valence-corrected chi connectivity index (χ0v) is 6.21. The van der Waals surface area contributed by atoms with Crippen molar-refractivity contribution in [1.82, 2.24) is 0 Å². The largest absolute Gasteiger partial charge is 0.295 e. The first-order valence-electron chi connectivity index (χ1n) is 3.24. The van der Waals surface area contributed by atoms with E-state index in [1.165, 1.54) is 0 Å². The van der Waals surface area contributed by atoms with E-state index in [0.717, 1.165) is 0 Å². The average molecular weight is 136 g/mol. The summed E-state index contributed by atoms with van der Waals surface area (Å²) in [5.41, 5.74) is 0. The molecule has 0 saturated heterocycles. The van der Waals surface area contributed by atoms with Crippen LogP contribution in [-0.2, 0) is 4.79 Å². The highest BCUT2D eigenvalue weighted by Crippen LogP contribution is 1.86. The van der Waals surface area contributed by atoms with Gasteiger partial charge in [0.1, 0.15) is 0 Å². The highest BCUT2D eigenvalue weighted by molar-refractivity contribution is 5.90. The first-order valence-corrected chi connectivity index (χ1v) is 3.24. The molecule has 0 heterocycles. The first-order chi connectivity index (χ1) is 4.81. The number of hydrogen-bond donors (Lipinski definition) is 0. The van der Waals surface area contributed by atoms with Gasteiger partial charge in [0.15, 0.2) is 5.78 Å². The molecule has 0 aromatic carbocycles. The number of hydrogen-bond acceptors (Lipinski definition) is 1. The minimum Gasteiger partial charge on any atom is -0.295 e. The van der Waals surface area contributed by atoms with Gasteiger partial charge < -0.3 is 0 Å². The van der Waals surface area contributed by atoms with Gasteiger partial charge in [-0.25, -0.2) is 0 Å². The third-order valence-corrected chi connectivity index (χ3v) is 0.931. The van der Waals surface area contributed by atoms with Crippen LogP contribution >= 0.6 is 0 Å². The average Bonchev–Trinajstić information content (AvgIpc) is 1.89. The lowest BCUT2D eigenvalue weighted by Gasteiger charge is -1.81. The topological polar surface area (TPSA) is 17.1 Å². The van der Waals surface area contributed by atoms with E-state index in [1.54, 1.807) is 18.2 Å². The fourth-order valence-corrected chi connectivity index (χ4v) is 0.484. The second-order valence-corrected chi connectivity index (χ2v) is 1.84. The van der Waals surface area contributed by atoms with E-state index >= 15 is 0 Å². The predicted molar refractivity (Wildman–Crippen MR) is 43.8 cm³/mol. The van der Waals surface area contributed by atoms with E-state index in [0.29, 0.717) is 6.42 Å². The zero-order chi connectivity index (χ0) is 7.82. The van der Waals surface area contributed by atoms with E-state index in [9.17, 15) is 4.79 Å². The molecule has 0 N–H and O–H groups in total. The summed E-state index contributed by atoms with van der Waals surface area (Å²) in [4.78, 5) is 10.7. The molecule has 0 radical (unpaired) electrons. The summed E-state index contributed by atoms with van der Waals surface area (Å²) in [6.07, 6.45) is 8.99. The molecule has 0 amide bonds. The lowest BCUT2D eigenvalue weighted by atomic mass is 10.2. The van der Waals surface area contributed by atoms with Crippen molar-refractivity contribution in [2.24, 2.45) is 0 Å². The minimum absolute atomic E-state index is 0.0908. The molecule has 0 saturated carbocycles. The second-order valence-electron chi connectivity index (χ2n) is 1.84. The molecule has 54 valence electrons. The van der Waals surface area contributed by atoms with Crippen molar-refractivity contribution < 1.29 is 4.79 Å². The van der Waals surface area contributed by atoms with Gasteiger partial charge in [0.05, 0.1) is 0 Å². The lowest BCUT2D eigenvalue weighted by Crippen LogP contribution is -1.86. The molecule has 0 aliphatic carbocycles. The summed E-state index contributed by atoms with van der Waals surface area (Å²) < 4.78 is 0. The Kier molecular flexibility index (Phi) is 5.35. The molecule has 0 fully saturated rings. The Balaban J connectivity index is 3.66. The molecule has 0 bridgehead atoms. The van der Waals surface area contributed by atoms with Gasteiger partial charge in [-0.15, -0.1) is 6.58 Å². The van der Waals surface area contributed by atoms with E-state index in [4.69, 9.17) is 0 Å². The number of allylic oxidation sites excluding steroid dienone is 5. The van der Waals surface area contributed by atoms with E-state index in [2.05, 4.69) is 6.58 Å². The van der Waals surface area contributed by atoms with Crippen LogP contribution in [0.25, 0.3) is 0 Å². The fourth-order valence-electron chi connectivity index (χ4n) is 0.484. The first kappa shape index (κ1) is 8.89. The van der Waals surface area contributed by atoms with Crippen LogP contribution in [0.5, 0.6) is 0 Å². The van der Waals surface area contributed by atoms with Crippen LogP contribution < -0.4 is 0 Å². The molecule has 10 heavy (non-hydrogen) atoms. The normalized spacial score (nSPS) is 10.9. The van der Waals surface area contributed by atoms with Gasteiger partial charge in [0.25, 0.3) is 0 Å². The Morgan fingerprint density at radius 2 is 2.20 bits per heavy atom. The molecular weight excluding hydrogens is 124 g/mol. The maximum Gasteiger partial charge on any atom is 0.159 e. The molecule has 0 atom stereocenters. The van der Waals surface area contributed by atoms with Crippen molar-refractivity contribution in [2.45, 2.75) is 13.3 Å². The maximum atomic E-state index is 10.7. The molecule has 0 aromatic heterocycles. The van der Waals surface area contributed by atoms with Gasteiger partial charge in [-0.1, -0.05) is 24.3 Å². The Bertz CT molecular complexity index is 164. The van der Waals surface area contributed by atoms with E-state index < -0.39 is 0 Å². The fraction of sp³-hybridized carbons (Fsp3) is 0.222. The summed E-state index contributed by atoms with van der Waals surface area (Å²) in [5.74, 6) is 0.0908. The molecule has 0 unspecified atom stereocenters. The number of ketones is 1. The van der Waals surface area contributed by atoms with Crippen LogP contribution in [0.15, 0.2) is 37.0 Å². The van der Waals surface area contributed by atoms with E-state index in [1.807, 2.05) is 19.1 Å². The van der Waals surface area contributed by atoms with Crippen molar-refractivity contribution >= 4 is 5.78 Å². The molecule has 0 rings (SSSR count). The summed E-state index contributed by atoms with van der Waals surface area (Å²) in [5, 5.41) is 0. The lowest BCUT2D eigenvalue weighted by molar-refractivity contribution is -0.113. The monoisotopic (exact) mass is 136 g/mol. The Morgan fingerprint density at radius 1 is 1.50 bits per heavy atom. The zero-order valence-electron chi connectivity index (χ0n) is 6.21. The number of carbonyl (C=O) groups excluding carboxylic acids is 1. The molecule has 1 nitrogen and oxygen atoms in total. The van der Waals surface area contributed by atoms with Crippen molar-refractivity contribution in [3.63, 3.8) is 0 Å². The number of carbonyl (C=O) groups is 1. The summed E-state index contributed by atoms with van der Waals surface area (Å²) >= 11 is 0.